The van der Waals surface area contributed by atoms with E-state index in [9.17, 15) is 14.4 Å². The van der Waals surface area contributed by atoms with Gasteiger partial charge in [-0.1, -0.05) is 6.92 Å². The number of carbonyl (C=O) groups excluding carboxylic acids is 3. The van der Waals surface area contributed by atoms with Gasteiger partial charge in [0.1, 0.15) is 0 Å². The number of hydrogen-bond donors (Lipinski definition) is 1. The smallest absolute Gasteiger partial charge is 0.246 e. The van der Waals surface area contributed by atoms with Gasteiger partial charge in [0.25, 0.3) is 0 Å². The Morgan fingerprint density at radius 3 is 2.56 bits per heavy atom. The number of imide groups is 1. The molecule has 0 bridgehead atoms. The van der Waals surface area contributed by atoms with Gasteiger partial charge in [-0.25, -0.2) is 0 Å². The third-order valence-corrected chi connectivity index (χ3v) is 2.67. The summed E-state index contributed by atoms with van der Waals surface area (Å²) in [6.45, 7) is 2.55. The van der Waals surface area contributed by atoms with Gasteiger partial charge < -0.3 is 5.73 Å². The molecule has 0 aromatic rings. The van der Waals surface area contributed by atoms with E-state index in [1.165, 1.54) is 7.05 Å². The SMILES string of the molecule is CCCN(CC(N)=O)[C@H]1CC(=O)N(C)C1=O. The normalized spacial score (nSPS) is 20.9. The van der Waals surface area contributed by atoms with Gasteiger partial charge >= 0.3 is 0 Å². The average Bonchev–Trinajstić information content (AvgIpc) is 2.45. The quantitative estimate of drug-likeness (QED) is 0.607. The van der Waals surface area contributed by atoms with Crippen molar-refractivity contribution in [3.8, 4) is 0 Å². The van der Waals surface area contributed by atoms with Gasteiger partial charge in [-0.2, -0.15) is 0 Å². The van der Waals surface area contributed by atoms with Crippen molar-refractivity contribution in [2.75, 3.05) is 20.1 Å². The molecule has 0 aromatic heterocycles. The maximum atomic E-state index is 11.7. The predicted molar refractivity (Wildman–Crippen MR) is 57.2 cm³/mol. The molecular formula is C10H17N3O3. The van der Waals surface area contributed by atoms with E-state index in [1.54, 1.807) is 4.90 Å². The first kappa shape index (κ1) is 12.6. The van der Waals surface area contributed by atoms with Crippen LogP contribution in [0.3, 0.4) is 0 Å². The molecule has 1 fully saturated rings. The lowest BCUT2D eigenvalue weighted by atomic mass is 10.2. The van der Waals surface area contributed by atoms with Gasteiger partial charge in [0.2, 0.25) is 17.7 Å². The van der Waals surface area contributed by atoms with E-state index in [-0.39, 0.29) is 24.8 Å². The van der Waals surface area contributed by atoms with E-state index in [2.05, 4.69) is 0 Å². The molecule has 0 aromatic carbocycles. The highest BCUT2D eigenvalue weighted by molar-refractivity contribution is 6.05. The van der Waals surface area contributed by atoms with E-state index in [4.69, 9.17) is 5.73 Å². The fourth-order valence-corrected chi connectivity index (χ4v) is 1.85. The van der Waals surface area contributed by atoms with Crippen molar-refractivity contribution in [1.82, 2.24) is 9.80 Å². The molecule has 2 N–H and O–H groups in total. The Labute approximate surface area is 94.4 Å². The number of hydrogen-bond acceptors (Lipinski definition) is 4. The van der Waals surface area contributed by atoms with E-state index >= 15 is 0 Å². The summed E-state index contributed by atoms with van der Waals surface area (Å²) in [5.74, 6) is -0.941. The van der Waals surface area contributed by atoms with Crippen LogP contribution in [0, 0.1) is 0 Å². The maximum Gasteiger partial charge on any atom is 0.246 e. The summed E-state index contributed by atoms with van der Waals surface area (Å²) >= 11 is 0. The van der Waals surface area contributed by atoms with Gasteiger partial charge in [-0.05, 0) is 13.0 Å². The van der Waals surface area contributed by atoms with Crippen molar-refractivity contribution in [3.05, 3.63) is 0 Å². The fraction of sp³-hybridized carbons (Fsp3) is 0.700. The number of nitrogens with zero attached hydrogens (tertiary/aromatic N) is 2. The highest BCUT2D eigenvalue weighted by Gasteiger charge is 2.39. The number of likely N-dealkylation sites (tertiary alicyclic amines) is 1. The zero-order chi connectivity index (χ0) is 12.3. The summed E-state index contributed by atoms with van der Waals surface area (Å²) < 4.78 is 0. The van der Waals surface area contributed by atoms with E-state index in [0.29, 0.717) is 6.54 Å². The molecule has 1 aliphatic rings. The van der Waals surface area contributed by atoms with Crippen LogP contribution in [-0.2, 0) is 14.4 Å². The lowest BCUT2D eigenvalue weighted by Gasteiger charge is -2.24. The summed E-state index contributed by atoms with van der Waals surface area (Å²) in [6.07, 6.45) is 0.942. The van der Waals surface area contributed by atoms with Crippen LogP contribution >= 0.6 is 0 Å². The van der Waals surface area contributed by atoms with Crippen LogP contribution in [0.25, 0.3) is 0 Å². The molecule has 1 rings (SSSR count). The number of amides is 3. The molecule has 0 aliphatic carbocycles. The van der Waals surface area contributed by atoms with Crippen LogP contribution in [0.1, 0.15) is 19.8 Å². The summed E-state index contributed by atoms with van der Waals surface area (Å²) in [5, 5.41) is 0. The molecule has 1 saturated heterocycles. The van der Waals surface area contributed by atoms with Crippen molar-refractivity contribution in [2.45, 2.75) is 25.8 Å². The minimum atomic E-state index is -0.523. The Morgan fingerprint density at radius 2 is 2.19 bits per heavy atom. The molecule has 0 radical (unpaired) electrons. The van der Waals surface area contributed by atoms with Crippen molar-refractivity contribution >= 4 is 17.7 Å². The second kappa shape index (κ2) is 5.07. The summed E-state index contributed by atoms with van der Waals surface area (Å²) in [4.78, 5) is 36.7. The highest BCUT2D eigenvalue weighted by Crippen LogP contribution is 2.17. The monoisotopic (exact) mass is 227 g/mol. The lowest BCUT2D eigenvalue weighted by molar-refractivity contribution is -0.138. The Kier molecular flexibility index (Phi) is 4.00. The van der Waals surface area contributed by atoms with Crippen molar-refractivity contribution in [3.63, 3.8) is 0 Å². The largest absolute Gasteiger partial charge is 0.369 e. The van der Waals surface area contributed by atoms with Crippen LogP contribution in [0.4, 0.5) is 0 Å². The Bertz CT molecular complexity index is 316. The minimum absolute atomic E-state index is 0.0192. The van der Waals surface area contributed by atoms with Crippen LogP contribution in [-0.4, -0.2) is 53.7 Å². The molecule has 16 heavy (non-hydrogen) atoms. The molecule has 6 heteroatoms. The second-order valence-corrected chi connectivity index (χ2v) is 3.95. The number of rotatable bonds is 5. The first-order valence-electron chi connectivity index (χ1n) is 5.30. The molecule has 0 spiro atoms. The number of carbonyl (C=O) groups is 3. The molecule has 1 atom stereocenters. The molecule has 0 saturated carbocycles. The minimum Gasteiger partial charge on any atom is -0.369 e. The van der Waals surface area contributed by atoms with E-state index in [0.717, 1.165) is 11.3 Å². The summed E-state index contributed by atoms with van der Waals surface area (Å²) in [7, 11) is 1.46. The van der Waals surface area contributed by atoms with Crippen LogP contribution < -0.4 is 5.73 Å². The van der Waals surface area contributed by atoms with Crippen LogP contribution in [0.2, 0.25) is 0 Å². The molecule has 1 aliphatic heterocycles. The topological polar surface area (TPSA) is 83.7 Å². The molecule has 90 valence electrons. The Balaban J connectivity index is 2.75. The summed E-state index contributed by atoms with van der Waals surface area (Å²) in [5.41, 5.74) is 5.12. The zero-order valence-electron chi connectivity index (χ0n) is 9.60. The number of likely N-dealkylation sites (N-methyl/N-ethyl adjacent to an activating group) is 1. The zero-order valence-corrected chi connectivity index (χ0v) is 9.60. The van der Waals surface area contributed by atoms with Crippen molar-refractivity contribution in [1.29, 1.82) is 0 Å². The third kappa shape index (κ3) is 2.57. The first-order chi connectivity index (χ1) is 7.47. The molecule has 0 unspecified atom stereocenters. The Hall–Kier alpha value is -1.43. The second-order valence-electron chi connectivity index (χ2n) is 3.95. The molecule has 3 amide bonds. The summed E-state index contributed by atoms with van der Waals surface area (Å²) in [6, 6.07) is -0.523. The Morgan fingerprint density at radius 1 is 1.56 bits per heavy atom. The van der Waals surface area contributed by atoms with Gasteiger partial charge in [0, 0.05) is 7.05 Å². The standard InChI is InChI=1S/C10H17N3O3/c1-3-4-13(6-8(11)14)7-5-9(15)12(2)10(7)16/h7H,3-6H2,1-2H3,(H2,11,14)/t7-/m0/s1. The number of nitrogens with two attached hydrogens (primary N) is 1. The molecule has 1 heterocycles. The van der Waals surface area contributed by atoms with Crippen LogP contribution in [0.15, 0.2) is 0 Å². The van der Waals surface area contributed by atoms with E-state index < -0.39 is 11.9 Å². The lowest BCUT2D eigenvalue weighted by Crippen LogP contribution is -2.45. The van der Waals surface area contributed by atoms with Crippen LogP contribution in [0.5, 0.6) is 0 Å². The maximum absolute atomic E-state index is 11.7. The molecule has 6 nitrogen and oxygen atoms in total. The van der Waals surface area contributed by atoms with E-state index in [1.807, 2.05) is 6.92 Å². The van der Waals surface area contributed by atoms with Crippen molar-refractivity contribution < 1.29 is 14.4 Å². The predicted octanol–water partition coefficient (Wildman–Crippen LogP) is -1.06. The van der Waals surface area contributed by atoms with Crippen molar-refractivity contribution in [2.24, 2.45) is 5.73 Å². The van der Waals surface area contributed by atoms with Gasteiger partial charge in [0.15, 0.2) is 0 Å². The van der Waals surface area contributed by atoms with Gasteiger partial charge in [-0.3, -0.25) is 24.2 Å². The highest BCUT2D eigenvalue weighted by atomic mass is 16.2. The fourth-order valence-electron chi connectivity index (χ4n) is 1.85. The average molecular weight is 227 g/mol. The molecular weight excluding hydrogens is 210 g/mol. The third-order valence-electron chi connectivity index (χ3n) is 2.67. The first-order valence-corrected chi connectivity index (χ1v) is 5.30. The number of primary amides is 1. The van der Waals surface area contributed by atoms with Gasteiger partial charge in [-0.15, -0.1) is 0 Å². The van der Waals surface area contributed by atoms with Gasteiger partial charge in [0.05, 0.1) is 19.0 Å².